The summed E-state index contributed by atoms with van der Waals surface area (Å²) < 4.78 is 12.1. The summed E-state index contributed by atoms with van der Waals surface area (Å²) in [6, 6.07) is 35.9. The Morgan fingerprint density at radius 3 is 2.09 bits per heavy atom. The van der Waals surface area contributed by atoms with Gasteiger partial charge in [0, 0.05) is 5.57 Å². The van der Waals surface area contributed by atoms with E-state index in [1.54, 1.807) is 6.26 Å². The Hall–Kier alpha value is -4.11. The SMILES string of the molecule is CC(=COc1cccc(C)c1)/C(=N\c1ccccc1)Oc1cccc(-c2ccccc2)c1. The molecule has 0 aromatic heterocycles. The zero-order valence-corrected chi connectivity index (χ0v) is 18.2. The Balaban J connectivity index is 1.63. The van der Waals surface area contributed by atoms with Gasteiger partial charge in [-0.05, 0) is 66.9 Å². The number of aliphatic imine (C=N–C) groups is 1. The summed E-state index contributed by atoms with van der Waals surface area (Å²) in [6.07, 6.45) is 1.68. The van der Waals surface area contributed by atoms with Gasteiger partial charge < -0.3 is 9.47 Å². The number of aryl methyl sites for hydroxylation is 1. The van der Waals surface area contributed by atoms with E-state index in [0.717, 1.165) is 33.7 Å². The topological polar surface area (TPSA) is 30.8 Å². The Kier molecular flexibility index (Phi) is 6.78. The Morgan fingerprint density at radius 1 is 0.688 bits per heavy atom. The number of hydrogen-bond donors (Lipinski definition) is 0. The van der Waals surface area contributed by atoms with Gasteiger partial charge >= 0.3 is 0 Å². The third-order valence-corrected chi connectivity index (χ3v) is 4.84. The molecule has 3 nitrogen and oxygen atoms in total. The van der Waals surface area contributed by atoms with Crippen LogP contribution in [0.15, 0.2) is 126 Å². The van der Waals surface area contributed by atoms with Gasteiger partial charge in [0.05, 0.1) is 11.9 Å². The van der Waals surface area contributed by atoms with Gasteiger partial charge in [-0.25, -0.2) is 4.99 Å². The van der Waals surface area contributed by atoms with Crippen molar-refractivity contribution in [2.75, 3.05) is 0 Å². The molecule has 0 unspecified atom stereocenters. The van der Waals surface area contributed by atoms with Gasteiger partial charge in [0.25, 0.3) is 0 Å². The summed E-state index contributed by atoms with van der Waals surface area (Å²) >= 11 is 0. The highest BCUT2D eigenvalue weighted by molar-refractivity contribution is 5.96. The third-order valence-electron chi connectivity index (χ3n) is 4.84. The standard InChI is InChI=1S/C29H25NO2/c1-22-11-9-17-27(19-22)31-21-23(2)29(30-26-15-7-4-8-16-26)32-28-18-10-14-25(20-28)24-12-5-3-6-13-24/h3-21H,1-2H3/b23-21?,30-29+. The van der Waals surface area contributed by atoms with Crippen LogP contribution in [-0.4, -0.2) is 5.90 Å². The quantitative estimate of drug-likeness (QED) is 0.182. The molecule has 0 saturated carbocycles. The van der Waals surface area contributed by atoms with Crippen molar-refractivity contribution < 1.29 is 9.47 Å². The van der Waals surface area contributed by atoms with Crippen LogP contribution in [0.5, 0.6) is 11.5 Å². The molecule has 0 bridgehead atoms. The highest BCUT2D eigenvalue weighted by Crippen LogP contribution is 2.25. The lowest BCUT2D eigenvalue weighted by molar-refractivity contribution is 0.473. The molecular formula is C29H25NO2. The molecule has 0 N–H and O–H groups in total. The molecule has 4 rings (SSSR count). The molecule has 3 heteroatoms. The van der Waals surface area contributed by atoms with Gasteiger partial charge in [0.1, 0.15) is 11.5 Å². The number of hydrogen-bond acceptors (Lipinski definition) is 3. The van der Waals surface area contributed by atoms with Crippen molar-refractivity contribution in [1.29, 1.82) is 0 Å². The van der Waals surface area contributed by atoms with Crippen molar-refractivity contribution >= 4 is 11.6 Å². The van der Waals surface area contributed by atoms with Crippen LogP contribution in [-0.2, 0) is 0 Å². The van der Waals surface area contributed by atoms with Gasteiger partial charge in [-0.2, -0.15) is 0 Å². The van der Waals surface area contributed by atoms with E-state index in [9.17, 15) is 0 Å². The lowest BCUT2D eigenvalue weighted by Gasteiger charge is -2.12. The van der Waals surface area contributed by atoms with Gasteiger partial charge in [-0.3, -0.25) is 0 Å². The molecule has 4 aromatic carbocycles. The maximum atomic E-state index is 6.26. The van der Waals surface area contributed by atoms with E-state index < -0.39 is 0 Å². The van der Waals surface area contributed by atoms with Crippen molar-refractivity contribution in [1.82, 2.24) is 0 Å². The molecule has 0 saturated heterocycles. The van der Waals surface area contributed by atoms with Crippen LogP contribution in [0.4, 0.5) is 5.69 Å². The second-order valence-electron chi connectivity index (χ2n) is 7.48. The lowest BCUT2D eigenvalue weighted by atomic mass is 10.1. The minimum atomic E-state index is 0.481. The monoisotopic (exact) mass is 419 g/mol. The van der Waals surface area contributed by atoms with Crippen LogP contribution in [0.2, 0.25) is 0 Å². The maximum absolute atomic E-state index is 6.26. The summed E-state index contributed by atoms with van der Waals surface area (Å²) in [4.78, 5) is 4.73. The molecule has 0 radical (unpaired) electrons. The smallest absolute Gasteiger partial charge is 0.225 e. The van der Waals surface area contributed by atoms with E-state index in [0.29, 0.717) is 11.6 Å². The fourth-order valence-electron chi connectivity index (χ4n) is 3.19. The summed E-state index contributed by atoms with van der Waals surface area (Å²) in [5.74, 6) is 1.97. The van der Waals surface area contributed by atoms with E-state index in [4.69, 9.17) is 14.5 Å². The van der Waals surface area contributed by atoms with Crippen molar-refractivity contribution in [3.8, 4) is 22.6 Å². The molecule has 0 atom stereocenters. The first-order valence-electron chi connectivity index (χ1n) is 10.5. The molecule has 32 heavy (non-hydrogen) atoms. The van der Waals surface area contributed by atoms with Crippen molar-refractivity contribution in [3.05, 3.63) is 127 Å². The molecule has 0 heterocycles. The van der Waals surface area contributed by atoms with Crippen LogP contribution in [0, 0.1) is 6.92 Å². The van der Waals surface area contributed by atoms with Gasteiger partial charge in [-0.15, -0.1) is 0 Å². The van der Waals surface area contributed by atoms with Gasteiger partial charge in [0.2, 0.25) is 5.90 Å². The van der Waals surface area contributed by atoms with Crippen LogP contribution in [0.3, 0.4) is 0 Å². The zero-order chi connectivity index (χ0) is 22.2. The second kappa shape index (κ2) is 10.3. The summed E-state index contributed by atoms with van der Waals surface area (Å²) in [5.41, 5.74) is 4.94. The molecule has 158 valence electrons. The Bertz CT molecular complexity index is 1230. The van der Waals surface area contributed by atoms with Gasteiger partial charge in [0.15, 0.2) is 0 Å². The summed E-state index contributed by atoms with van der Waals surface area (Å²) in [7, 11) is 0. The maximum Gasteiger partial charge on any atom is 0.225 e. The van der Waals surface area contributed by atoms with E-state index >= 15 is 0 Å². The van der Waals surface area contributed by atoms with E-state index in [-0.39, 0.29) is 0 Å². The largest absolute Gasteiger partial charge is 0.465 e. The van der Waals surface area contributed by atoms with Crippen molar-refractivity contribution in [3.63, 3.8) is 0 Å². The molecule has 0 aliphatic heterocycles. The van der Waals surface area contributed by atoms with E-state index in [1.165, 1.54) is 0 Å². The second-order valence-corrected chi connectivity index (χ2v) is 7.48. The molecular weight excluding hydrogens is 394 g/mol. The molecule has 0 spiro atoms. The Labute approximate surface area is 189 Å². The van der Waals surface area contributed by atoms with Crippen LogP contribution < -0.4 is 9.47 Å². The van der Waals surface area contributed by atoms with Crippen LogP contribution in [0.1, 0.15) is 12.5 Å². The number of nitrogens with zero attached hydrogens (tertiary/aromatic N) is 1. The van der Waals surface area contributed by atoms with Crippen LogP contribution >= 0.6 is 0 Å². The van der Waals surface area contributed by atoms with Gasteiger partial charge in [-0.1, -0.05) is 72.8 Å². The minimum Gasteiger partial charge on any atom is -0.465 e. The molecule has 4 aromatic rings. The number of para-hydroxylation sites is 1. The summed E-state index contributed by atoms with van der Waals surface area (Å²) in [6.45, 7) is 3.97. The fourth-order valence-corrected chi connectivity index (χ4v) is 3.19. The summed E-state index contributed by atoms with van der Waals surface area (Å²) in [5, 5.41) is 0. The predicted molar refractivity (Wildman–Crippen MR) is 132 cm³/mol. The normalized spacial score (nSPS) is 11.8. The Morgan fingerprint density at radius 2 is 1.34 bits per heavy atom. The number of rotatable bonds is 6. The third kappa shape index (κ3) is 5.73. The molecule has 0 fully saturated rings. The molecule has 0 amide bonds. The highest BCUT2D eigenvalue weighted by atomic mass is 16.5. The lowest BCUT2D eigenvalue weighted by Crippen LogP contribution is -2.11. The van der Waals surface area contributed by atoms with Crippen molar-refractivity contribution in [2.45, 2.75) is 13.8 Å². The first-order chi connectivity index (χ1) is 15.7. The number of benzene rings is 4. The zero-order valence-electron chi connectivity index (χ0n) is 18.2. The average Bonchev–Trinajstić information content (AvgIpc) is 2.84. The molecule has 0 aliphatic carbocycles. The predicted octanol–water partition coefficient (Wildman–Crippen LogP) is 7.75. The molecule has 0 aliphatic rings. The first kappa shape index (κ1) is 21.1. The van der Waals surface area contributed by atoms with Crippen LogP contribution in [0.25, 0.3) is 11.1 Å². The highest BCUT2D eigenvalue weighted by Gasteiger charge is 2.09. The number of ether oxygens (including phenoxy) is 2. The van der Waals surface area contributed by atoms with Crippen molar-refractivity contribution in [2.24, 2.45) is 4.99 Å². The first-order valence-corrected chi connectivity index (χ1v) is 10.5. The minimum absolute atomic E-state index is 0.481. The van der Waals surface area contributed by atoms with E-state index in [1.807, 2.05) is 105 Å². The van der Waals surface area contributed by atoms with E-state index in [2.05, 4.69) is 18.2 Å². The fraction of sp³-hybridized carbons (Fsp3) is 0.0690. The average molecular weight is 420 g/mol.